The predicted octanol–water partition coefficient (Wildman–Crippen LogP) is 2.96. The first-order chi connectivity index (χ1) is 9.24. The number of hydrogen-bond acceptors (Lipinski definition) is 4. The lowest BCUT2D eigenvalue weighted by atomic mass is 10.2. The number of rotatable bonds is 6. The summed E-state index contributed by atoms with van der Waals surface area (Å²) in [5.41, 5.74) is -0.143. The molecule has 5 nitrogen and oxygen atoms in total. The Morgan fingerprint density at radius 1 is 1.40 bits per heavy atom. The Morgan fingerprint density at radius 2 is 2.05 bits per heavy atom. The van der Waals surface area contributed by atoms with E-state index >= 15 is 0 Å². The van der Waals surface area contributed by atoms with E-state index in [2.05, 4.69) is 4.74 Å². The average molecular weight is 315 g/mol. The van der Waals surface area contributed by atoms with Crippen LogP contribution in [0.2, 0.25) is 5.02 Å². The largest absolute Gasteiger partial charge is 0.493 e. The fourth-order valence-corrected chi connectivity index (χ4v) is 1.51. The van der Waals surface area contributed by atoms with Crippen molar-refractivity contribution < 1.29 is 37.3 Å². The molecule has 20 heavy (non-hydrogen) atoms. The second-order valence-electron chi connectivity index (χ2n) is 3.52. The van der Waals surface area contributed by atoms with Gasteiger partial charge in [0.25, 0.3) is 0 Å². The summed E-state index contributed by atoms with van der Waals surface area (Å²) in [4.78, 5) is 10.8. The highest BCUT2D eigenvalue weighted by molar-refractivity contribution is 6.32. The zero-order valence-corrected chi connectivity index (χ0v) is 10.9. The molecular formula is C11H10ClF3O5. The van der Waals surface area contributed by atoms with E-state index in [4.69, 9.17) is 26.2 Å². The van der Waals surface area contributed by atoms with Gasteiger partial charge in [0.2, 0.25) is 0 Å². The van der Waals surface area contributed by atoms with Gasteiger partial charge in [0.15, 0.2) is 18.3 Å². The number of benzene rings is 1. The molecule has 0 heterocycles. The maximum atomic E-state index is 11.9. The lowest BCUT2D eigenvalue weighted by Gasteiger charge is -2.14. The number of alkyl halides is 3. The Morgan fingerprint density at radius 3 is 2.55 bits per heavy atom. The minimum Gasteiger partial charge on any atom is -0.493 e. The second kappa shape index (κ2) is 6.67. The van der Waals surface area contributed by atoms with E-state index in [1.807, 2.05) is 0 Å². The molecule has 0 fully saturated rings. The van der Waals surface area contributed by atoms with Gasteiger partial charge in [-0.1, -0.05) is 11.6 Å². The van der Waals surface area contributed by atoms with Crippen molar-refractivity contribution in [1.29, 1.82) is 0 Å². The number of carboxylic acids is 1. The highest BCUT2D eigenvalue weighted by atomic mass is 35.5. The van der Waals surface area contributed by atoms with Crippen LogP contribution in [0.15, 0.2) is 12.1 Å². The van der Waals surface area contributed by atoms with Crippen molar-refractivity contribution in [2.75, 3.05) is 20.5 Å². The van der Waals surface area contributed by atoms with Crippen LogP contribution in [-0.2, 0) is 4.74 Å². The van der Waals surface area contributed by atoms with Gasteiger partial charge in [-0.2, -0.15) is 13.2 Å². The number of methoxy groups -OCH3 is 1. The molecule has 0 aromatic heterocycles. The Bertz CT molecular complexity index is 490. The zero-order valence-electron chi connectivity index (χ0n) is 10.2. The summed E-state index contributed by atoms with van der Waals surface area (Å²) < 4.78 is 49.6. The summed E-state index contributed by atoms with van der Waals surface area (Å²) in [6.07, 6.45) is -4.47. The summed E-state index contributed by atoms with van der Waals surface area (Å²) in [6.45, 7) is -2.18. The van der Waals surface area contributed by atoms with E-state index in [9.17, 15) is 18.0 Å². The van der Waals surface area contributed by atoms with Crippen LogP contribution in [-0.4, -0.2) is 37.8 Å². The topological polar surface area (TPSA) is 65.0 Å². The second-order valence-corrected chi connectivity index (χ2v) is 3.93. The van der Waals surface area contributed by atoms with Gasteiger partial charge >= 0.3 is 12.1 Å². The Hall–Kier alpha value is -1.67. The Labute approximate surface area is 116 Å². The molecule has 0 amide bonds. The van der Waals surface area contributed by atoms with Gasteiger partial charge in [-0.05, 0) is 12.1 Å². The lowest BCUT2D eigenvalue weighted by Crippen LogP contribution is -2.19. The van der Waals surface area contributed by atoms with Gasteiger partial charge in [-0.25, -0.2) is 4.79 Å². The molecule has 0 atom stereocenters. The number of halogens is 4. The maximum absolute atomic E-state index is 11.9. The first-order valence-corrected chi connectivity index (χ1v) is 5.50. The first-order valence-electron chi connectivity index (χ1n) is 5.12. The number of ether oxygens (including phenoxy) is 3. The number of hydrogen-bond donors (Lipinski definition) is 1. The molecule has 0 unspecified atom stereocenters. The summed E-state index contributed by atoms with van der Waals surface area (Å²) >= 11 is 5.78. The van der Waals surface area contributed by atoms with E-state index in [0.29, 0.717) is 0 Å². The minimum absolute atomic E-state index is 0.0227. The quantitative estimate of drug-likeness (QED) is 0.646. The van der Waals surface area contributed by atoms with Crippen molar-refractivity contribution >= 4 is 17.6 Å². The smallest absolute Gasteiger partial charge is 0.411 e. The van der Waals surface area contributed by atoms with Crippen LogP contribution >= 0.6 is 11.6 Å². The van der Waals surface area contributed by atoms with Crippen LogP contribution in [0.3, 0.4) is 0 Å². The molecule has 1 aromatic rings. The number of aromatic carboxylic acids is 1. The van der Waals surface area contributed by atoms with Crippen LogP contribution in [0.1, 0.15) is 10.4 Å². The molecule has 0 aliphatic rings. The van der Waals surface area contributed by atoms with Crippen molar-refractivity contribution in [1.82, 2.24) is 0 Å². The van der Waals surface area contributed by atoms with Crippen molar-refractivity contribution in [2.45, 2.75) is 6.18 Å². The highest BCUT2D eigenvalue weighted by Gasteiger charge is 2.27. The maximum Gasteiger partial charge on any atom is 0.411 e. The standard InChI is InChI=1S/C11H10ClF3O5/c1-18-8-3-6(10(16)17)2-7(12)9(8)20-5-19-4-11(13,14)15/h2-3H,4-5H2,1H3,(H,16,17). The summed E-state index contributed by atoms with van der Waals surface area (Å²) in [6, 6.07) is 2.22. The molecule has 0 saturated carbocycles. The Kier molecular flexibility index (Phi) is 5.46. The van der Waals surface area contributed by atoms with Gasteiger partial charge in [-0.15, -0.1) is 0 Å². The van der Waals surface area contributed by atoms with Crippen molar-refractivity contribution in [3.8, 4) is 11.5 Å². The Balaban J connectivity index is 2.77. The van der Waals surface area contributed by atoms with Crippen LogP contribution in [0.4, 0.5) is 13.2 Å². The van der Waals surface area contributed by atoms with E-state index in [-0.39, 0.29) is 22.1 Å². The van der Waals surface area contributed by atoms with Crippen LogP contribution < -0.4 is 9.47 Å². The number of carboxylic acid groups (broad SMARTS) is 1. The number of carbonyl (C=O) groups is 1. The molecule has 1 aromatic carbocycles. The molecular weight excluding hydrogens is 305 g/mol. The molecule has 0 radical (unpaired) electrons. The molecule has 9 heteroatoms. The molecule has 0 aliphatic heterocycles. The average Bonchev–Trinajstić information content (AvgIpc) is 2.33. The van der Waals surface area contributed by atoms with Crippen LogP contribution in [0.5, 0.6) is 11.5 Å². The van der Waals surface area contributed by atoms with Gasteiger partial charge in [0.1, 0.15) is 6.61 Å². The monoisotopic (exact) mass is 314 g/mol. The molecule has 1 rings (SSSR count). The third kappa shape index (κ3) is 4.78. The third-order valence-electron chi connectivity index (χ3n) is 2.03. The fraction of sp³-hybridized carbons (Fsp3) is 0.364. The zero-order chi connectivity index (χ0) is 15.3. The highest BCUT2D eigenvalue weighted by Crippen LogP contribution is 2.36. The SMILES string of the molecule is COc1cc(C(=O)O)cc(Cl)c1OCOCC(F)(F)F. The van der Waals surface area contributed by atoms with Crippen LogP contribution in [0, 0.1) is 0 Å². The van der Waals surface area contributed by atoms with Crippen molar-refractivity contribution in [2.24, 2.45) is 0 Å². The van der Waals surface area contributed by atoms with Gasteiger partial charge in [-0.3, -0.25) is 0 Å². The summed E-state index contributed by atoms with van der Waals surface area (Å²) in [7, 11) is 1.24. The van der Waals surface area contributed by atoms with Crippen molar-refractivity contribution in [3.05, 3.63) is 22.7 Å². The van der Waals surface area contributed by atoms with Gasteiger partial charge in [0.05, 0.1) is 17.7 Å². The predicted molar refractivity (Wildman–Crippen MR) is 62.5 cm³/mol. The van der Waals surface area contributed by atoms with Crippen LogP contribution in [0.25, 0.3) is 0 Å². The minimum atomic E-state index is -4.47. The van der Waals surface area contributed by atoms with Crippen molar-refractivity contribution in [3.63, 3.8) is 0 Å². The van der Waals surface area contributed by atoms with E-state index in [1.165, 1.54) is 7.11 Å². The molecule has 112 valence electrons. The van der Waals surface area contributed by atoms with Gasteiger partial charge in [0, 0.05) is 0 Å². The summed E-state index contributed by atoms with van der Waals surface area (Å²) in [5.74, 6) is -1.35. The fourth-order valence-electron chi connectivity index (χ4n) is 1.24. The summed E-state index contributed by atoms with van der Waals surface area (Å²) in [5, 5.41) is 8.71. The molecule has 0 spiro atoms. The van der Waals surface area contributed by atoms with E-state index < -0.39 is 25.5 Å². The normalized spacial score (nSPS) is 11.2. The molecule has 0 saturated heterocycles. The molecule has 1 N–H and O–H groups in total. The molecule has 0 aliphatic carbocycles. The first kappa shape index (κ1) is 16.4. The molecule has 0 bridgehead atoms. The van der Waals surface area contributed by atoms with E-state index in [1.54, 1.807) is 0 Å². The third-order valence-corrected chi connectivity index (χ3v) is 2.31. The van der Waals surface area contributed by atoms with E-state index in [0.717, 1.165) is 12.1 Å². The van der Waals surface area contributed by atoms with Gasteiger partial charge < -0.3 is 19.3 Å². The lowest BCUT2D eigenvalue weighted by molar-refractivity contribution is -0.186.